The molecule has 0 unspecified atom stereocenters. The molecule has 0 aliphatic heterocycles. The zero-order valence-corrected chi connectivity index (χ0v) is 19.9. The summed E-state index contributed by atoms with van der Waals surface area (Å²) in [4.78, 5) is 25.4. The zero-order chi connectivity index (χ0) is 24.4. The number of carbonyl (C=O) groups excluding carboxylic acids is 2. The third-order valence-corrected chi connectivity index (χ3v) is 6.42. The van der Waals surface area contributed by atoms with Gasteiger partial charge in [-0.15, -0.1) is 0 Å². The molecule has 0 radical (unpaired) electrons. The number of aryl methyl sites for hydroxylation is 2. The van der Waals surface area contributed by atoms with E-state index in [-0.39, 0.29) is 11.8 Å². The average Bonchev–Trinajstić information content (AvgIpc) is 3.63. The Balaban J connectivity index is 1.32. The van der Waals surface area contributed by atoms with Crippen molar-refractivity contribution in [1.29, 1.82) is 0 Å². The monoisotopic (exact) mass is 464 g/mol. The van der Waals surface area contributed by atoms with Gasteiger partial charge in [-0.2, -0.15) is 0 Å². The van der Waals surface area contributed by atoms with E-state index < -0.39 is 0 Å². The van der Waals surface area contributed by atoms with Crippen LogP contribution < -0.4 is 10.6 Å². The molecule has 0 atom stereocenters. The molecule has 0 saturated heterocycles. The van der Waals surface area contributed by atoms with Crippen LogP contribution in [0.5, 0.6) is 0 Å². The summed E-state index contributed by atoms with van der Waals surface area (Å²) < 4.78 is 5.84. The molecule has 5 nitrogen and oxygen atoms in total. The number of nitrogens with one attached hydrogen (secondary N) is 2. The Morgan fingerprint density at radius 1 is 0.857 bits per heavy atom. The Bertz CT molecular complexity index is 1370. The zero-order valence-electron chi connectivity index (χ0n) is 19.9. The van der Waals surface area contributed by atoms with Crippen molar-refractivity contribution in [3.63, 3.8) is 0 Å². The Hall–Kier alpha value is -4.12. The van der Waals surface area contributed by atoms with Gasteiger partial charge in [0, 0.05) is 23.4 Å². The van der Waals surface area contributed by atoms with Crippen LogP contribution in [-0.2, 0) is 0 Å². The number of hydrogen-bond acceptors (Lipinski definition) is 3. The molecular weight excluding hydrogens is 436 g/mol. The first-order chi connectivity index (χ1) is 17.0. The van der Waals surface area contributed by atoms with Crippen LogP contribution in [0.15, 0.2) is 83.3 Å². The minimum Gasteiger partial charge on any atom is -0.461 e. The highest BCUT2D eigenvalue weighted by atomic mass is 16.3. The molecular formula is C30H28N2O3. The molecule has 1 fully saturated rings. The van der Waals surface area contributed by atoms with E-state index >= 15 is 0 Å². The SMILES string of the molecule is Cc1ccc(NC(=O)c2cc(-c3ccccc3)oc2C)cc1-c1ccc(C(=O)NCC2CC2)cc1. The fourth-order valence-corrected chi connectivity index (χ4v) is 4.12. The first kappa shape index (κ1) is 22.7. The van der Waals surface area contributed by atoms with Gasteiger partial charge in [-0.25, -0.2) is 0 Å². The number of furan rings is 1. The summed E-state index contributed by atoms with van der Waals surface area (Å²) in [6.07, 6.45) is 2.42. The van der Waals surface area contributed by atoms with Gasteiger partial charge >= 0.3 is 0 Å². The van der Waals surface area contributed by atoms with Gasteiger partial charge in [-0.05, 0) is 79.6 Å². The van der Waals surface area contributed by atoms with E-state index in [1.807, 2.05) is 79.7 Å². The third kappa shape index (κ3) is 5.19. The minimum absolute atomic E-state index is 0.0356. The van der Waals surface area contributed by atoms with Crippen LogP contribution in [0.2, 0.25) is 0 Å². The van der Waals surface area contributed by atoms with Crippen LogP contribution in [0.1, 0.15) is 44.9 Å². The van der Waals surface area contributed by atoms with Crippen LogP contribution in [-0.4, -0.2) is 18.4 Å². The molecule has 1 aliphatic carbocycles. The van der Waals surface area contributed by atoms with Crippen LogP contribution in [0, 0.1) is 19.8 Å². The lowest BCUT2D eigenvalue weighted by molar-refractivity contribution is 0.0951. The summed E-state index contributed by atoms with van der Waals surface area (Å²) in [5.41, 5.74) is 5.86. The average molecular weight is 465 g/mol. The summed E-state index contributed by atoms with van der Waals surface area (Å²) in [6.45, 7) is 4.58. The van der Waals surface area contributed by atoms with E-state index in [1.165, 1.54) is 12.8 Å². The summed E-state index contributed by atoms with van der Waals surface area (Å²) >= 11 is 0. The van der Waals surface area contributed by atoms with Crippen molar-refractivity contribution in [1.82, 2.24) is 5.32 Å². The highest BCUT2D eigenvalue weighted by Crippen LogP contribution is 2.30. The van der Waals surface area contributed by atoms with Crippen molar-refractivity contribution in [2.45, 2.75) is 26.7 Å². The van der Waals surface area contributed by atoms with Crippen LogP contribution in [0.3, 0.4) is 0 Å². The lowest BCUT2D eigenvalue weighted by Gasteiger charge is -2.11. The van der Waals surface area contributed by atoms with E-state index in [2.05, 4.69) is 10.6 Å². The summed E-state index contributed by atoms with van der Waals surface area (Å²) in [6, 6.07) is 24.9. The topological polar surface area (TPSA) is 71.3 Å². The number of benzene rings is 3. The van der Waals surface area contributed by atoms with Gasteiger partial charge < -0.3 is 15.1 Å². The van der Waals surface area contributed by atoms with E-state index in [1.54, 1.807) is 13.0 Å². The van der Waals surface area contributed by atoms with Gasteiger partial charge in [0.1, 0.15) is 11.5 Å². The van der Waals surface area contributed by atoms with E-state index in [9.17, 15) is 9.59 Å². The van der Waals surface area contributed by atoms with Crippen molar-refractivity contribution in [3.8, 4) is 22.5 Å². The Labute approximate surface area is 205 Å². The van der Waals surface area contributed by atoms with E-state index in [0.717, 1.165) is 28.8 Å². The Morgan fingerprint density at radius 3 is 2.31 bits per heavy atom. The molecule has 5 rings (SSSR count). The van der Waals surface area contributed by atoms with Gasteiger partial charge in [0.15, 0.2) is 0 Å². The normalized spacial score (nSPS) is 12.9. The summed E-state index contributed by atoms with van der Waals surface area (Å²) in [7, 11) is 0. The molecule has 0 spiro atoms. The second kappa shape index (κ2) is 9.63. The van der Waals surface area contributed by atoms with Crippen molar-refractivity contribution in [2.24, 2.45) is 5.92 Å². The number of amides is 2. The lowest BCUT2D eigenvalue weighted by atomic mass is 9.98. The predicted octanol–water partition coefficient (Wildman–Crippen LogP) is 6.62. The van der Waals surface area contributed by atoms with Crippen molar-refractivity contribution in [2.75, 3.05) is 11.9 Å². The first-order valence-corrected chi connectivity index (χ1v) is 11.9. The first-order valence-electron chi connectivity index (χ1n) is 11.9. The summed E-state index contributed by atoms with van der Waals surface area (Å²) in [5, 5.41) is 6.00. The van der Waals surface area contributed by atoms with E-state index in [4.69, 9.17) is 4.42 Å². The molecule has 176 valence electrons. The molecule has 1 heterocycles. The second-order valence-electron chi connectivity index (χ2n) is 9.16. The largest absolute Gasteiger partial charge is 0.461 e. The molecule has 4 aromatic rings. The molecule has 3 aromatic carbocycles. The molecule has 35 heavy (non-hydrogen) atoms. The van der Waals surface area contributed by atoms with Crippen LogP contribution in [0.25, 0.3) is 22.5 Å². The molecule has 2 amide bonds. The number of hydrogen-bond donors (Lipinski definition) is 2. The second-order valence-corrected chi connectivity index (χ2v) is 9.16. The molecule has 5 heteroatoms. The van der Waals surface area contributed by atoms with Crippen LogP contribution >= 0.6 is 0 Å². The highest BCUT2D eigenvalue weighted by Gasteiger charge is 2.22. The summed E-state index contributed by atoms with van der Waals surface area (Å²) in [5.74, 6) is 1.63. The highest BCUT2D eigenvalue weighted by molar-refractivity contribution is 6.06. The number of anilines is 1. The maximum Gasteiger partial charge on any atom is 0.259 e. The minimum atomic E-state index is -0.217. The Morgan fingerprint density at radius 2 is 1.60 bits per heavy atom. The van der Waals surface area contributed by atoms with Gasteiger partial charge in [0.05, 0.1) is 5.56 Å². The van der Waals surface area contributed by atoms with Crippen molar-refractivity contribution in [3.05, 3.63) is 101 Å². The molecule has 1 aromatic heterocycles. The lowest BCUT2D eigenvalue weighted by Crippen LogP contribution is -2.25. The number of carbonyl (C=O) groups is 2. The third-order valence-electron chi connectivity index (χ3n) is 6.42. The van der Waals surface area contributed by atoms with Crippen molar-refractivity contribution >= 4 is 17.5 Å². The van der Waals surface area contributed by atoms with Crippen molar-refractivity contribution < 1.29 is 14.0 Å². The van der Waals surface area contributed by atoms with Gasteiger partial charge in [0.2, 0.25) is 0 Å². The smallest absolute Gasteiger partial charge is 0.259 e. The molecule has 2 N–H and O–H groups in total. The fraction of sp³-hybridized carbons (Fsp3) is 0.200. The molecule has 1 aliphatic rings. The quantitative estimate of drug-likeness (QED) is 0.323. The molecule has 1 saturated carbocycles. The van der Waals surface area contributed by atoms with Gasteiger partial charge in [-0.3, -0.25) is 9.59 Å². The standard InChI is InChI=1S/C30H28N2O3/c1-19-8-15-25(32-30(34)27-17-28(35-20(27)2)23-6-4-3-5-7-23)16-26(19)22-11-13-24(14-12-22)29(33)31-18-21-9-10-21/h3-8,11-17,21H,9-10,18H2,1-2H3,(H,31,33)(H,32,34). The maximum atomic E-state index is 13.0. The molecule has 0 bridgehead atoms. The predicted molar refractivity (Wildman–Crippen MR) is 139 cm³/mol. The maximum absolute atomic E-state index is 13.0. The fourth-order valence-electron chi connectivity index (χ4n) is 4.12. The van der Waals surface area contributed by atoms with Crippen LogP contribution in [0.4, 0.5) is 5.69 Å². The van der Waals surface area contributed by atoms with Gasteiger partial charge in [0.25, 0.3) is 11.8 Å². The van der Waals surface area contributed by atoms with Gasteiger partial charge in [-0.1, -0.05) is 48.5 Å². The number of rotatable bonds is 7. The Kier molecular flexibility index (Phi) is 6.23. The van der Waals surface area contributed by atoms with E-state index in [0.29, 0.717) is 34.3 Å².